The lowest BCUT2D eigenvalue weighted by atomic mass is 10.0. The van der Waals surface area contributed by atoms with Crippen molar-refractivity contribution in [3.05, 3.63) is 95.4 Å². The van der Waals surface area contributed by atoms with Gasteiger partial charge < -0.3 is 5.11 Å². The third-order valence-corrected chi connectivity index (χ3v) is 6.63. The molecule has 0 aliphatic rings. The summed E-state index contributed by atoms with van der Waals surface area (Å²) in [6.45, 7) is 0. The molecule has 30 heavy (non-hydrogen) atoms. The number of pyridine rings is 1. The second kappa shape index (κ2) is 8.95. The molecule has 0 aliphatic heterocycles. The third-order valence-electron chi connectivity index (χ3n) is 4.51. The number of carboxylic acid groups (broad SMARTS) is 1. The summed E-state index contributed by atoms with van der Waals surface area (Å²) in [5, 5.41) is 21.3. The zero-order chi connectivity index (χ0) is 20.9. The van der Waals surface area contributed by atoms with Gasteiger partial charge in [0.15, 0.2) is 0 Å². The molecule has 0 bridgehead atoms. The summed E-state index contributed by atoms with van der Waals surface area (Å²) < 4.78 is 0. The van der Waals surface area contributed by atoms with Crippen molar-refractivity contribution >= 4 is 29.1 Å². The summed E-state index contributed by atoms with van der Waals surface area (Å²) in [6, 6.07) is 26.7. The second-order valence-corrected chi connectivity index (χ2v) is 8.48. The Morgan fingerprint density at radius 1 is 1.03 bits per heavy atom. The SMILES string of the molecule is N#Cc1c(-c2ccccc2)cc(-c2cccs2)nc1S[C@H](C(=O)O)c1ccccc1. The maximum Gasteiger partial charge on any atom is 0.321 e. The molecule has 146 valence electrons. The third kappa shape index (κ3) is 4.13. The van der Waals surface area contributed by atoms with Gasteiger partial charge >= 0.3 is 5.97 Å². The molecule has 2 heterocycles. The standard InChI is InChI=1S/C24H16N2O2S2/c25-15-19-18(16-8-3-1-4-9-16)14-20(21-12-7-13-29-21)26-23(19)30-22(24(27)28)17-10-5-2-6-11-17/h1-14,22H,(H,27,28)/t22-/m0/s1. The minimum Gasteiger partial charge on any atom is -0.480 e. The van der Waals surface area contributed by atoms with Crippen LogP contribution < -0.4 is 0 Å². The summed E-state index contributed by atoms with van der Waals surface area (Å²) in [5.41, 5.74) is 3.40. The molecule has 2 aromatic carbocycles. The summed E-state index contributed by atoms with van der Waals surface area (Å²) in [6.07, 6.45) is 0. The molecule has 0 amide bonds. The van der Waals surface area contributed by atoms with Crippen LogP contribution in [0.15, 0.2) is 89.3 Å². The Labute approximate surface area is 182 Å². The molecule has 4 rings (SSSR count). The Kier molecular flexibility index (Phi) is 5.94. The van der Waals surface area contributed by atoms with E-state index in [9.17, 15) is 15.2 Å². The van der Waals surface area contributed by atoms with Gasteiger partial charge in [-0.05, 0) is 28.6 Å². The molecule has 6 heteroatoms. The molecule has 4 aromatic rings. The fourth-order valence-electron chi connectivity index (χ4n) is 3.11. The van der Waals surface area contributed by atoms with Crippen molar-refractivity contribution < 1.29 is 9.90 Å². The van der Waals surface area contributed by atoms with Gasteiger partial charge in [-0.15, -0.1) is 11.3 Å². The van der Waals surface area contributed by atoms with Crippen LogP contribution >= 0.6 is 23.1 Å². The molecular formula is C24H16N2O2S2. The predicted octanol–water partition coefficient (Wildman–Crippen LogP) is 6.27. The number of thiophene rings is 1. The maximum absolute atomic E-state index is 12.0. The van der Waals surface area contributed by atoms with E-state index in [1.54, 1.807) is 23.5 Å². The van der Waals surface area contributed by atoms with E-state index in [-0.39, 0.29) is 0 Å². The van der Waals surface area contributed by atoms with Gasteiger partial charge in [0, 0.05) is 5.56 Å². The van der Waals surface area contributed by atoms with Gasteiger partial charge in [0.05, 0.1) is 16.1 Å². The van der Waals surface area contributed by atoms with E-state index in [2.05, 4.69) is 6.07 Å². The smallest absolute Gasteiger partial charge is 0.321 e. The van der Waals surface area contributed by atoms with Crippen LogP contribution in [-0.4, -0.2) is 16.1 Å². The summed E-state index contributed by atoms with van der Waals surface area (Å²) in [7, 11) is 0. The first-order valence-electron chi connectivity index (χ1n) is 9.16. The number of thioether (sulfide) groups is 1. The molecule has 0 aliphatic carbocycles. The first kappa shape index (κ1) is 19.9. The van der Waals surface area contributed by atoms with Gasteiger partial charge in [0.1, 0.15) is 16.3 Å². The average molecular weight is 429 g/mol. The molecular weight excluding hydrogens is 412 g/mol. The minimum atomic E-state index is -0.973. The summed E-state index contributed by atoms with van der Waals surface area (Å²) >= 11 is 2.65. The van der Waals surface area contributed by atoms with Gasteiger partial charge in [-0.2, -0.15) is 5.26 Å². The lowest BCUT2D eigenvalue weighted by molar-refractivity contribution is -0.136. The van der Waals surface area contributed by atoms with E-state index in [0.717, 1.165) is 33.5 Å². The van der Waals surface area contributed by atoms with Crippen molar-refractivity contribution in [3.63, 3.8) is 0 Å². The van der Waals surface area contributed by atoms with Crippen molar-refractivity contribution in [1.82, 2.24) is 4.98 Å². The van der Waals surface area contributed by atoms with Gasteiger partial charge in [0.25, 0.3) is 0 Å². The van der Waals surface area contributed by atoms with Crippen LogP contribution in [0.5, 0.6) is 0 Å². The Balaban J connectivity index is 1.89. The lowest BCUT2D eigenvalue weighted by Gasteiger charge is -2.16. The summed E-state index contributed by atoms with van der Waals surface area (Å²) in [5.74, 6) is -0.973. The Bertz CT molecular complexity index is 1200. The van der Waals surface area contributed by atoms with Crippen molar-refractivity contribution in [2.45, 2.75) is 10.3 Å². The number of carbonyl (C=O) groups is 1. The van der Waals surface area contributed by atoms with Crippen molar-refractivity contribution in [2.24, 2.45) is 0 Å². The number of hydrogen-bond acceptors (Lipinski definition) is 5. The lowest BCUT2D eigenvalue weighted by Crippen LogP contribution is -2.09. The van der Waals surface area contributed by atoms with E-state index >= 15 is 0 Å². The fraction of sp³-hybridized carbons (Fsp3) is 0.0417. The molecule has 0 fully saturated rings. The first-order valence-corrected chi connectivity index (χ1v) is 10.9. The molecule has 1 N–H and O–H groups in total. The fourth-order valence-corrected chi connectivity index (χ4v) is 4.84. The van der Waals surface area contributed by atoms with Gasteiger partial charge in [-0.25, -0.2) is 4.98 Å². The molecule has 0 spiro atoms. The molecule has 4 nitrogen and oxygen atoms in total. The van der Waals surface area contributed by atoms with E-state index in [1.165, 1.54) is 0 Å². The van der Waals surface area contributed by atoms with Crippen LogP contribution in [0.4, 0.5) is 0 Å². The van der Waals surface area contributed by atoms with Crippen LogP contribution in [0.3, 0.4) is 0 Å². The van der Waals surface area contributed by atoms with E-state index in [4.69, 9.17) is 4.98 Å². The highest BCUT2D eigenvalue weighted by Gasteiger charge is 2.25. The zero-order valence-corrected chi connectivity index (χ0v) is 17.4. The van der Waals surface area contributed by atoms with Gasteiger partial charge in [-0.3, -0.25) is 4.79 Å². The number of rotatable bonds is 6. The van der Waals surface area contributed by atoms with Crippen LogP contribution in [0, 0.1) is 11.3 Å². The Morgan fingerprint density at radius 2 is 1.73 bits per heavy atom. The van der Waals surface area contributed by atoms with Gasteiger partial charge in [-0.1, -0.05) is 78.5 Å². The molecule has 0 saturated carbocycles. The molecule has 0 unspecified atom stereocenters. The highest BCUT2D eigenvalue weighted by atomic mass is 32.2. The van der Waals surface area contributed by atoms with Crippen molar-refractivity contribution in [1.29, 1.82) is 5.26 Å². The summed E-state index contributed by atoms with van der Waals surface area (Å²) in [4.78, 5) is 17.7. The Hall–Kier alpha value is -3.40. The Morgan fingerprint density at radius 3 is 2.33 bits per heavy atom. The molecule has 0 radical (unpaired) electrons. The number of benzene rings is 2. The van der Waals surface area contributed by atoms with Crippen molar-refractivity contribution in [3.8, 4) is 27.8 Å². The van der Waals surface area contributed by atoms with E-state index < -0.39 is 11.2 Å². The monoisotopic (exact) mass is 428 g/mol. The van der Waals surface area contributed by atoms with E-state index in [0.29, 0.717) is 16.2 Å². The predicted molar refractivity (Wildman–Crippen MR) is 120 cm³/mol. The number of aromatic nitrogens is 1. The molecule has 0 saturated heterocycles. The largest absolute Gasteiger partial charge is 0.480 e. The number of nitriles is 1. The molecule has 1 atom stereocenters. The van der Waals surface area contributed by atoms with E-state index in [1.807, 2.05) is 72.1 Å². The number of nitrogens with zero attached hydrogens (tertiary/aromatic N) is 2. The first-order chi connectivity index (χ1) is 14.7. The minimum absolute atomic E-state index is 0.383. The van der Waals surface area contributed by atoms with Gasteiger partial charge in [0.2, 0.25) is 0 Å². The number of carboxylic acids is 1. The topological polar surface area (TPSA) is 74.0 Å². The number of aliphatic carboxylic acids is 1. The van der Waals surface area contributed by atoms with Crippen LogP contribution in [0.2, 0.25) is 0 Å². The highest BCUT2D eigenvalue weighted by molar-refractivity contribution is 8.00. The maximum atomic E-state index is 12.0. The van der Waals surface area contributed by atoms with Crippen molar-refractivity contribution in [2.75, 3.05) is 0 Å². The van der Waals surface area contributed by atoms with Crippen LogP contribution in [-0.2, 0) is 4.79 Å². The van der Waals surface area contributed by atoms with Crippen LogP contribution in [0.25, 0.3) is 21.7 Å². The zero-order valence-electron chi connectivity index (χ0n) is 15.7. The highest BCUT2D eigenvalue weighted by Crippen LogP contribution is 2.41. The average Bonchev–Trinajstić information content (AvgIpc) is 3.33. The number of hydrogen-bond donors (Lipinski definition) is 1. The van der Waals surface area contributed by atoms with Crippen LogP contribution in [0.1, 0.15) is 16.4 Å². The quantitative estimate of drug-likeness (QED) is 0.367. The molecule has 2 aromatic heterocycles. The second-order valence-electron chi connectivity index (χ2n) is 6.44. The normalized spacial score (nSPS) is 11.6.